The van der Waals surface area contributed by atoms with Crippen molar-refractivity contribution in [2.45, 2.75) is 59.0 Å². The number of fused-ring (bicyclic) bond motifs is 3. The normalized spacial score (nSPS) is 14.8. The van der Waals surface area contributed by atoms with E-state index in [-0.39, 0.29) is 5.63 Å². The molecule has 1 atom stereocenters. The Balaban J connectivity index is 2.05. The molecule has 134 valence electrons. The van der Waals surface area contributed by atoms with Crippen molar-refractivity contribution in [2.24, 2.45) is 0 Å². The highest BCUT2D eigenvalue weighted by Gasteiger charge is 2.21. The van der Waals surface area contributed by atoms with Crippen molar-refractivity contribution < 1.29 is 18.7 Å². The number of ether oxygens (including phenoxy) is 2. The van der Waals surface area contributed by atoms with Crippen molar-refractivity contribution in [3.05, 3.63) is 39.2 Å². The highest BCUT2D eigenvalue weighted by atomic mass is 16.6. The first kappa shape index (κ1) is 17.5. The van der Waals surface area contributed by atoms with Gasteiger partial charge in [-0.05, 0) is 63.1 Å². The number of hydrogen-bond donors (Lipinski definition) is 0. The summed E-state index contributed by atoms with van der Waals surface area (Å²) >= 11 is 0. The average molecular weight is 344 g/mol. The van der Waals surface area contributed by atoms with Crippen molar-refractivity contribution in [3.63, 3.8) is 0 Å². The smallest absolute Gasteiger partial charge is 0.347 e. The molecule has 0 saturated heterocycles. The first-order chi connectivity index (χ1) is 12.0. The molecule has 1 aliphatic rings. The zero-order valence-electron chi connectivity index (χ0n) is 15.0. The molecule has 3 rings (SSSR count). The summed E-state index contributed by atoms with van der Waals surface area (Å²) in [5, 5.41) is 0.988. The molecular formula is C20H24O5. The molecule has 2 aromatic rings. The van der Waals surface area contributed by atoms with Crippen LogP contribution >= 0.6 is 0 Å². The molecule has 1 aliphatic carbocycles. The lowest BCUT2D eigenvalue weighted by molar-refractivity contribution is -0.150. The van der Waals surface area contributed by atoms with E-state index in [0.29, 0.717) is 17.9 Å². The van der Waals surface area contributed by atoms with Gasteiger partial charge in [0.2, 0.25) is 0 Å². The zero-order chi connectivity index (χ0) is 18.0. The maximum Gasteiger partial charge on any atom is 0.347 e. The van der Waals surface area contributed by atoms with Gasteiger partial charge >= 0.3 is 11.6 Å². The van der Waals surface area contributed by atoms with E-state index in [9.17, 15) is 9.59 Å². The minimum Gasteiger partial charge on any atom is -0.479 e. The Morgan fingerprint density at radius 3 is 2.60 bits per heavy atom. The predicted octanol–water partition coefficient (Wildman–Crippen LogP) is 3.56. The molecule has 0 amide bonds. The van der Waals surface area contributed by atoms with Crippen LogP contribution in [0.1, 0.15) is 50.3 Å². The van der Waals surface area contributed by atoms with Crippen molar-refractivity contribution in [1.29, 1.82) is 0 Å². The van der Waals surface area contributed by atoms with Crippen LogP contribution in [-0.4, -0.2) is 18.7 Å². The van der Waals surface area contributed by atoms with Crippen molar-refractivity contribution in [1.82, 2.24) is 0 Å². The number of aryl methyl sites for hydroxylation is 2. The van der Waals surface area contributed by atoms with Crippen LogP contribution in [0, 0.1) is 0 Å². The summed E-state index contributed by atoms with van der Waals surface area (Å²) in [7, 11) is 0. The first-order valence-electron chi connectivity index (χ1n) is 8.99. The van der Waals surface area contributed by atoms with E-state index in [1.165, 1.54) is 0 Å². The summed E-state index contributed by atoms with van der Waals surface area (Å²) in [6.07, 6.45) is 3.85. The maximum absolute atomic E-state index is 12.3. The van der Waals surface area contributed by atoms with Gasteiger partial charge in [0.05, 0.1) is 6.61 Å². The molecule has 1 heterocycles. The lowest BCUT2D eigenvalue weighted by atomic mass is 9.90. The van der Waals surface area contributed by atoms with Gasteiger partial charge < -0.3 is 13.9 Å². The Bertz CT molecular complexity index is 849. The number of carbonyl (C=O) groups is 1. The van der Waals surface area contributed by atoms with Gasteiger partial charge in [0.25, 0.3) is 0 Å². The highest BCUT2D eigenvalue weighted by molar-refractivity contribution is 5.84. The highest BCUT2D eigenvalue weighted by Crippen LogP contribution is 2.32. The van der Waals surface area contributed by atoms with Crippen LogP contribution in [0.3, 0.4) is 0 Å². The molecule has 5 heteroatoms. The number of benzene rings is 1. The van der Waals surface area contributed by atoms with Gasteiger partial charge in [-0.3, -0.25) is 0 Å². The van der Waals surface area contributed by atoms with E-state index in [1.807, 2.05) is 13.0 Å². The molecule has 0 fully saturated rings. The number of rotatable bonds is 5. The standard InChI is InChI=1S/C20H24O5/c1-4-13-10-16-14-8-6-7-9-15(14)20(22)25-18(16)11-17(13)24-12(3)19(21)23-5-2/h10-12H,4-9H2,1-3H3/t12-/m0/s1. The summed E-state index contributed by atoms with van der Waals surface area (Å²) in [4.78, 5) is 24.1. The lowest BCUT2D eigenvalue weighted by Gasteiger charge is -2.19. The van der Waals surface area contributed by atoms with Crippen molar-refractivity contribution in [3.8, 4) is 5.75 Å². The number of hydrogen-bond acceptors (Lipinski definition) is 5. The Hall–Kier alpha value is -2.30. The van der Waals surface area contributed by atoms with Crippen LogP contribution in [0.5, 0.6) is 5.75 Å². The van der Waals surface area contributed by atoms with Gasteiger partial charge in [-0.1, -0.05) is 6.92 Å². The molecule has 0 N–H and O–H groups in total. The Morgan fingerprint density at radius 2 is 1.92 bits per heavy atom. The third kappa shape index (κ3) is 3.41. The second kappa shape index (κ2) is 7.30. The lowest BCUT2D eigenvalue weighted by Crippen LogP contribution is -2.26. The third-order valence-electron chi connectivity index (χ3n) is 4.71. The largest absolute Gasteiger partial charge is 0.479 e. The molecule has 0 radical (unpaired) electrons. The number of carbonyl (C=O) groups excluding carboxylic acids is 1. The van der Waals surface area contributed by atoms with E-state index in [4.69, 9.17) is 13.9 Å². The van der Waals surface area contributed by atoms with Crippen LogP contribution < -0.4 is 10.4 Å². The fraction of sp³-hybridized carbons (Fsp3) is 0.500. The fourth-order valence-corrected chi connectivity index (χ4v) is 3.40. The summed E-state index contributed by atoms with van der Waals surface area (Å²) < 4.78 is 16.3. The van der Waals surface area contributed by atoms with E-state index < -0.39 is 12.1 Å². The Kier molecular flexibility index (Phi) is 5.11. The maximum atomic E-state index is 12.3. The molecule has 1 aromatic carbocycles. The van der Waals surface area contributed by atoms with E-state index in [2.05, 4.69) is 0 Å². The molecule has 25 heavy (non-hydrogen) atoms. The van der Waals surface area contributed by atoms with Gasteiger partial charge in [0.15, 0.2) is 6.10 Å². The van der Waals surface area contributed by atoms with Crippen LogP contribution in [-0.2, 0) is 28.8 Å². The summed E-state index contributed by atoms with van der Waals surface area (Å²) in [5.41, 5.74) is 3.18. The van der Waals surface area contributed by atoms with Crippen LogP contribution in [0.4, 0.5) is 0 Å². The quantitative estimate of drug-likeness (QED) is 0.613. The zero-order valence-corrected chi connectivity index (χ0v) is 15.0. The van der Waals surface area contributed by atoms with E-state index >= 15 is 0 Å². The molecule has 5 nitrogen and oxygen atoms in total. The fourth-order valence-electron chi connectivity index (χ4n) is 3.40. The SMILES string of the molecule is CCOC(=O)[C@H](C)Oc1cc2oc(=O)c3c(c2cc1CC)CCCC3. The third-order valence-corrected chi connectivity index (χ3v) is 4.71. The molecule has 0 saturated carbocycles. The molecule has 1 aromatic heterocycles. The number of esters is 1. The van der Waals surface area contributed by atoms with Gasteiger partial charge in [0.1, 0.15) is 11.3 Å². The summed E-state index contributed by atoms with van der Waals surface area (Å²) in [6.45, 7) is 5.76. The Labute approximate surface area is 146 Å². The van der Waals surface area contributed by atoms with Gasteiger partial charge in [-0.25, -0.2) is 9.59 Å². The minimum atomic E-state index is -0.716. The minimum absolute atomic E-state index is 0.254. The first-order valence-corrected chi connectivity index (χ1v) is 8.99. The van der Waals surface area contributed by atoms with Crippen LogP contribution in [0.2, 0.25) is 0 Å². The van der Waals surface area contributed by atoms with Gasteiger partial charge in [-0.2, -0.15) is 0 Å². The Morgan fingerprint density at radius 1 is 1.20 bits per heavy atom. The summed E-state index contributed by atoms with van der Waals surface area (Å²) in [5.74, 6) is 0.158. The van der Waals surface area contributed by atoms with E-state index in [1.54, 1.807) is 19.9 Å². The van der Waals surface area contributed by atoms with Crippen molar-refractivity contribution in [2.75, 3.05) is 6.61 Å². The second-order valence-electron chi connectivity index (χ2n) is 6.38. The van der Waals surface area contributed by atoms with Gasteiger partial charge in [-0.15, -0.1) is 0 Å². The molecule has 0 spiro atoms. The molecule has 0 aliphatic heterocycles. The van der Waals surface area contributed by atoms with E-state index in [0.717, 1.165) is 54.2 Å². The molecular weight excluding hydrogens is 320 g/mol. The predicted molar refractivity (Wildman–Crippen MR) is 95.2 cm³/mol. The molecule has 0 unspecified atom stereocenters. The van der Waals surface area contributed by atoms with Crippen LogP contribution in [0.25, 0.3) is 11.0 Å². The summed E-state index contributed by atoms with van der Waals surface area (Å²) in [6, 6.07) is 3.77. The average Bonchev–Trinajstić information content (AvgIpc) is 2.61. The topological polar surface area (TPSA) is 65.7 Å². The second-order valence-corrected chi connectivity index (χ2v) is 6.38. The monoisotopic (exact) mass is 344 g/mol. The van der Waals surface area contributed by atoms with Gasteiger partial charge in [0, 0.05) is 17.0 Å². The van der Waals surface area contributed by atoms with Crippen LogP contribution in [0.15, 0.2) is 21.3 Å². The molecule has 0 bridgehead atoms. The van der Waals surface area contributed by atoms with Crippen molar-refractivity contribution >= 4 is 16.9 Å².